The minimum Gasteiger partial charge on any atom is -0.479 e. The molecule has 1 aliphatic heterocycles. The third kappa shape index (κ3) is 4.80. The van der Waals surface area contributed by atoms with Crippen LogP contribution in [0.1, 0.15) is 19.8 Å². The molecule has 1 fully saturated rings. The molecule has 0 aromatic heterocycles. The molecule has 1 heterocycles. The summed E-state index contributed by atoms with van der Waals surface area (Å²) in [6.45, 7) is 3.10. The summed E-state index contributed by atoms with van der Waals surface area (Å²) in [5.41, 5.74) is -0.346. The summed E-state index contributed by atoms with van der Waals surface area (Å²) < 4.78 is 23.8. The van der Waals surface area contributed by atoms with E-state index in [1.54, 1.807) is 6.92 Å². The molecule has 23 heavy (non-hydrogen) atoms. The fraction of sp³-hybridized carbons (Fsp3) is 0.562. The van der Waals surface area contributed by atoms with E-state index in [0.29, 0.717) is 32.6 Å². The summed E-state index contributed by atoms with van der Waals surface area (Å²) >= 11 is 5.88. The first-order valence-corrected chi connectivity index (χ1v) is 7.92. The maximum Gasteiger partial charge on any atom is 0.260 e. The molecule has 2 rings (SSSR count). The lowest BCUT2D eigenvalue weighted by molar-refractivity contribution is -0.128. The maximum atomic E-state index is 13.0. The maximum absolute atomic E-state index is 13.0. The molecule has 5 nitrogen and oxygen atoms in total. The average Bonchev–Trinajstić information content (AvgIpc) is 2.56. The predicted molar refractivity (Wildman–Crippen MR) is 84.1 cm³/mol. The van der Waals surface area contributed by atoms with Crippen molar-refractivity contribution in [3.8, 4) is 5.75 Å². The van der Waals surface area contributed by atoms with Gasteiger partial charge in [0, 0.05) is 25.2 Å². The standard InChI is InChI=1S/C16H21ClFNO4/c1-11(23-14-3-2-12(18)8-13(14)17)15(21)19-9-16(10-20)4-6-22-7-5-16/h2-3,8,11,20H,4-7,9-10H2,1H3,(H,19,21). The fourth-order valence-electron chi connectivity index (χ4n) is 2.43. The van der Waals surface area contributed by atoms with Crippen LogP contribution in [0.2, 0.25) is 5.02 Å². The van der Waals surface area contributed by atoms with Gasteiger partial charge in [-0.15, -0.1) is 0 Å². The van der Waals surface area contributed by atoms with Gasteiger partial charge in [-0.1, -0.05) is 11.6 Å². The highest BCUT2D eigenvalue weighted by Gasteiger charge is 2.33. The normalized spacial score (nSPS) is 18.3. The number of aliphatic hydroxyl groups is 1. The topological polar surface area (TPSA) is 67.8 Å². The summed E-state index contributed by atoms with van der Waals surface area (Å²) in [5, 5.41) is 12.5. The van der Waals surface area contributed by atoms with Crippen LogP contribution in [0.5, 0.6) is 5.75 Å². The predicted octanol–water partition coefficient (Wildman–Crippen LogP) is 2.15. The molecular weight excluding hydrogens is 325 g/mol. The highest BCUT2D eigenvalue weighted by molar-refractivity contribution is 6.32. The number of carbonyl (C=O) groups excluding carboxylic acids is 1. The Balaban J connectivity index is 1.89. The van der Waals surface area contributed by atoms with Crippen molar-refractivity contribution in [2.45, 2.75) is 25.9 Å². The lowest BCUT2D eigenvalue weighted by atomic mass is 9.81. The highest BCUT2D eigenvalue weighted by Crippen LogP contribution is 2.29. The molecule has 2 N–H and O–H groups in total. The van der Waals surface area contributed by atoms with Crippen LogP contribution in [-0.4, -0.2) is 43.5 Å². The second-order valence-electron chi connectivity index (χ2n) is 5.82. The molecule has 1 atom stereocenters. The third-order valence-corrected chi connectivity index (χ3v) is 4.39. The number of rotatable bonds is 6. The molecule has 1 amide bonds. The Kier molecular flexibility index (Phi) is 6.21. The van der Waals surface area contributed by atoms with E-state index in [4.69, 9.17) is 21.1 Å². The zero-order valence-corrected chi connectivity index (χ0v) is 13.7. The van der Waals surface area contributed by atoms with Crippen molar-refractivity contribution in [2.24, 2.45) is 5.41 Å². The van der Waals surface area contributed by atoms with E-state index in [1.807, 2.05) is 0 Å². The summed E-state index contributed by atoms with van der Waals surface area (Å²) in [7, 11) is 0. The van der Waals surface area contributed by atoms with Gasteiger partial charge in [0.05, 0.1) is 11.6 Å². The van der Waals surface area contributed by atoms with Crippen LogP contribution < -0.4 is 10.1 Å². The molecule has 7 heteroatoms. The summed E-state index contributed by atoms with van der Waals surface area (Å²) in [5.74, 6) is -0.535. The molecule has 0 bridgehead atoms. The third-order valence-electron chi connectivity index (χ3n) is 4.09. The van der Waals surface area contributed by atoms with E-state index in [9.17, 15) is 14.3 Å². The fourth-order valence-corrected chi connectivity index (χ4v) is 2.64. The Bertz CT molecular complexity index is 549. The molecule has 0 aliphatic carbocycles. The number of hydrogen-bond donors (Lipinski definition) is 2. The number of aliphatic hydroxyl groups excluding tert-OH is 1. The van der Waals surface area contributed by atoms with Crippen LogP contribution >= 0.6 is 11.6 Å². The van der Waals surface area contributed by atoms with E-state index in [2.05, 4.69) is 5.32 Å². The van der Waals surface area contributed by atoms with Gasteiger partial charge in [0.1, 0.15) is 11.6 Å². The Labute approximate surface area is 139 Å². The van der Waals surface area contributed by atoms with Gasteiger partial charge in [-0.05, 0) is 38.0 Å². The second-order valence-corrected chi connectivity index (χ2v) is 6.23. The minimum atomic E-state index is -0.784. The van der Waals surface area contributed by atoms with Gasteiger partial charge in [0.2, 0.25) is 0 Å². The Morgan fingerprint density at radius 2 is 2.22 bits per heavy atom. The average molecular weight is 346 g/mol. The summed E-state index contributed by atoms with van der Waals surface area (Å²) in [6.07, 6.45) is 0.611. The van der Waals surface area contributed by atoms with Gasteiger partial charge in [0.25, 0.3) is 5.91 Å². The number of hydrogen-bond acceptors (Lipinski definition) is 4. The summed E-state index contributed by atoms with van der Waals surface area (Å²) in [4.78, 5) is 12.2. The highest BCUT2D eigenvalue weighted by atomic mass is 35.5. The van der Waals surface area contributed by atoms with Gasteiger partial charge < -0.3 is 19.9 Å². The van der Waals surface area contributed by atoms with Crippen molar-refractivity contribution >= 4 is 17.5 Å². The Morgan fingerprint density at radius 3 is 2.83 bits per heavy atom. The van der Waals surface area contributed by atoms with Crippen molar-refractivity contribution in [2.75, 3.05) is 26.4 Å². The van der Waals surface area contributed by atoms with Gasteiger partial charge in [-0.2, -0.15) is 0 Å². The van der Waals surface area contributed by atoms with Crippen LogP contribution in [0.3, 0.4) is 0 Å². The lowest BCUT2D eigenvalue weighted by Crippen LogP contribution is -2.46. The molecule has 1 saturated heterocycles. The van der Waals surface area contributed by atoms with Crippen molar-refractivity contribution in [3.05, 3.63) is 29.0 Å². The minimum absolute atomic E-state index is 0.00430. The van der Waals surface area contributed by atoms with E-state index in [-0.39, 0.29) is 28.7 Å². The van der Waals surface area contributed by atoms with Crippen molar-refractivity contribution in [1.29, 1.82) is 0 Å². The first-order chi connectivity index (χ1) is 11.0. The van der Waals surface area contributed by atoms with Crippen LogP contribution in [0.4, 0.5) is 4.39 Å². The molecule has 0 spiro atoms. The van der Waals surface area contributed by atoms with Crippen molar-refractivity contribution in [1.82, 2.24) is 5.32 Å². The van der Waals surface area contributed by atoms with Crippen molar-refractivity contribution < 1.29 is 23.8 Å². The molecule has 0 saturated carbocycles. The number of amides is 1. The molecule has 1 aromatic rings. The molecule has 1 aromatic carbocycles. The largest absolute Gasteiger partial charge is 0.479 e. The number of halogens is 2. The number of carbonyl (C=O) groups is 1. The second kappa shape index (κ2) is 7.95. The summed E-state index contributed by atoms with van der Waals surface area (Å²) in [6, 6.07) is 3.73. The monoisotopic (exact) mass is 345 g/mol. The first-order valence-electron chi connectivity index (χ1n) is 7.54. The zero-order valence-electron chi connectivity index (χ0n) is 13.0. The molecule has 0 radical (unpaired) electrons. The molecule has 1 aliphatic rings. The quantitative estimate of drug-likeness (QED) is 0.829. The number of ether oxygens (including phenoxy) is 2. The van der Waals surface area contributed by atoms with Gasteiger partial charge in [-0.3, -0.25) is 4.79 Å². The van der Waals surface area contributed by atoms with Crippen LogP contribution in [0.25, 0.3) is 0 Å². The lowest BCUT2D eigenvalue weighted by Gasteiger charge is -2.35. The molecule has 1 unspecified atom stereocenters. The zero-order chi connectivity index (χ0) is 16.9. The molecule has 128 valence electrons. The van der Waals surface area contributed by atoms with Crippen molar-refractivity contribution in [3.63, 3.8) is 0 Å². The van der Waals surface area contributed by atoms with E-state index < -0.39 is 11.9 Å². The van der Waals surface area contributed by atoms with Gasteiger partial charge in [-0.25, -0.2) is 4.39 Å². The van der Waals surface area contributed by atoms with Crippen LogP contribution in [-0.2, 0) is 9.53 Å². The van der Waals surface area contributed by atoms with E-state index in [1.165, 1.54) is 12.1 Å². The number of nitrogens with one attached hydrogen (secondary N) is 1. The van der Waals surface area contributed by atoms with Gasteiger partial charge >= 0.3 is 0 Å². The van der Waals surface area contributed by atoms with Gasteiger partial charge in [0.15, 0.2) is 6.10 Å². The first kappa shape index (κ1) is 18.0. The van der Waals surface area contributed by atoms with E-state index >= 15 is 0 Å². The Morgan fingerprint density at radius 1 is 1.52 bits per heavy atom. The van der Waals surface area contributed by atoms with Crippen LogP contribution in [0, 0.1) is 11.2 Å². The van der Waals surface area contributed by atoms with E-state index in [0.717, 1.165) is 6.07 Å². The number of benzene rings is 1. The molecular formula is C16H21ClFNO4. The van der Waals surface area contributed by atoms with Crippen LogP contribution in [0.15, 0.2) is 18.2 Å². The Hall–Kier alpha value is -1.37. The smallest absolute Gasteiger partial charge is 0.260 e. The SMILES string of the molecule is CC(Oc1ccc(F)cc1Cl)C(=O)NCC1(CO)CCOCC1.